The van der Waals surface area contributed by atoms with Crippen molar-refractivity contribution < 1.29 is 14.3 Å². The van der Waals surface area contributed by atoms with Crippen LogP contribution in [0, 0.1) is 0 Å². The lowest BCUT2D eigenvalue weighted by molar-refractivity contribution is 0.106. The van der Waals surface area contributed by atoms with Gasteiger partial charge in [-0.25, -0.2) is 4.79 Å². The maximum absolute atomic E-state index is 10.2. The lowest BCUT2D eigenvalue weighted by Gasteiger charge is -1.92. The molecule has 0 atom stereocenters. The van der Waals surface area contributed by atoms with Crippen LogP contribution in [0.1, 0.15) is 0 Å². The fraction of sp³-hybridized carbons (Fsp3) is 0.400. The van der Waals surface area contributed by atoms with Crippen LogP contribution in [0.2, 0.25) is 0 Å². The first-order valence-corrected chi connectivity index (χ1v) is 3.39. The van der Waals surface area contributed by atoms with Crippen LogP contribution in [0.15, 0.2) is 12.3 Å². The highest BCUT2D eigenvalue weighted by molar-refractivity contribution is 9.09. The van der Waals surface area contributed by atoms with E-state index in [1.54, 1.807) is 6.08 Å². The van der Waals surface area contributed by atoms with E-state index in [1.807, 2.05) is 0 Å². The molecule has 0 fully saturated rings. The molecule has 0 aromatic rings. The van der Waals surface area contributed by atoms with Gasteiger partial charge in [-0.3, -0.25) is 0 Å². The molecule has 0 radical (unpaired) electrons. The third-order valence-corrected chi connectivity index (χ3v) is 0.890. The van der Waals surface area contributed by atoms with Gasteiger partial charge < -0.3 is 9.47 Å². The Labute approximate surface area is 61.8 Å². The van der Waals surface area contributed by atoms with E-state index in [1.165, 1.54) is 13.4 Å². The molecular formula is C5H7BrO3. The van der Waals surface area contributed by atoms with E-state index < -0.39 is 6.16 Å². The number of hydrogen-bond acceptors (Lipinski definition) is 3. The van der Waals surface area contributed by atoms with E-state index in [9.17, 15) is 4.79 Å². The van der Waals surface area contributed by atoms with Gasteiger partial charge in [0.25, 0.3) is 0 Å². The summed E-state index contributed by atoms with van der Waals surface area (Å²) in [6.07, 6.45) is 2.20. The van der Waals surface area contributed by atoms with Gasteiger partial charge in [-0.2, -0.15) is 0 Å². The fourth-order valence-corrected chi connectivity index (χ4v) is 0.341. The van der Waals surface area contributed by atoms with E-state index >= 15 is 0 Å². The molecule has 0 aliphatic rings. The normalized spacial score (nSPS) is 9.56. The van der Waals surface area contributed by atoms with Gasteiger partial charge in [-0.05, 0) is 6.08 Å². The van der Waals surface area contributed by atoms with Crippen LogP contribution in [-0.2, 0) is 9.47 Å². The average Bonchev–Trinajstić information content (AvgIpc) is 1.89. The molecule has 0 spiro atoms. The van der Waals surface area contributed by atoms with Crippen LogP contribution in [0.3, 0.4) is 0 Å². The number of methoxy groups -OCH3 is 1. The first-order chi connectivity index (χ1) is 4.31. The topological polar surface area (TPSA) is 35.5 Å². The Morgan fingerprint density at radius 1 is 1.78 bits per heavy atom. The highest BCUT2D eigenvalue weighted by Gasteiger charge is 1.92. The number of carbonyl (C=O) groups is 1. The van der Waals surface area contributed by atoms with E-state index in [-0.39, 0.29) is 0 Å². The number of carbonyl (C=O) groups excluding carboxylic acids is 1. The molecule has 0 aliphatic carbocycles. The molecule has 0 saturated carbocycles. The lowest BCUT2D eigenvalue weighted by Crippen LogP contribution is -1.97. The minimum atomic E-state index is -0.702. The smallest absolute Gasteiger partial charge is 0.437 e. The van der Waals surface area contributed by atoms with Crippen LogP contribution in [0.5, 0.6) is 0 Å². The van der Waals surface area contributed by atoms with Crippen molar-refractivity contribution in [1.29, 1.82) is 0 Å². The summed E-state index contributed by atoms with van der Waals surface area (Å²) in [7, 11) is 1.25. The van der Waals surface area contributed by atoms with Gasteiger partial charge in [0.2, 0.25) is 0 Å². The van der Waals surface area contributed by atoms with E-state index in [2.05, 4.69) is 25.4 Å². The summed E-state index contributed by atoms with van der Waals surface area (Å²) in [6.45, 7) is 0. The Balaban J connectivity index is 3.26. The minimum Gasteiger partial charge on any atom is -0.437 e. The quantitative estimate of drug-likeness (QED) is 0.382. The van der Waals surface area contributed by atoms with Crippen molar-refractivity contribution in [2.75, 3.05) is 12.4 Å². The summed E-state index contributed by atoms with van der Waals surface area (Å²) >= 11 is 3.10. The minimum absolute atomic E-state index is 0.657. The second kappa shape index (κ2) is 5.62. The van der Waals surface area contributed by atoms with Gasteiger partial charge in [0.1, 0.15) is 0 Å². The van der Waals surface area contributed by atoms with Crippen molar-refractivity contribution in [3.05, 3.63) is 12.3 Å². The third kappa shape index (κ3) is 5.36. The molecule has 0 aliphatic heterocycles. The van der Waals surface area contributed by atoms with Crippen molar-refractivity contribution in [2.45, 2.75) is 0 Å². The Kier molecular flexibility index (Phi) is 5.30. The number of alkyl halides is 1. The lowest BCUT2D eigenvalue weighted by atomic mass is 10.7. The Morgan fingerprint density at radius 3 is 2.89 bits per heavy atom. The predicted molar refractivity (Wildman–Crippen MR) is 36.4 cm³/mol. The SMILES string of the molecule is COC(=O)O/C=C/CBr. The van der Waals surface area contributed by atoms with E-state index in [4.69, 9.17) is 0 Å². The molecule has 0 heterocycles. The molecule has 52 valence electrons. The molecule has 0 N–H and O–H groups in total. The Hall–Kier alpha value is -0.510. The maximum Gasteiger partial charge on any atom is 0.512 e. The molecule has 0 unspecified atom stereocenters. The maximum atomic E-state index is 10.2. The zero-order valence-electron chi connectivity index (χ0n) is 4.96. The van der Waals surface area contributed by atoms with Crippen LogP contribution in [0.4, 0.5) is 4.79 Å². The molecule has 0 aromatic heterocycles. The van der Waals surface area contributed by atoms with Gasteiger partial charge in [0, 0.05) is 5.33 Å². The Morgan fingerprint density at radius 2 is 2.44 bits per heavy atom. The van der Waals surface area contributed by atoms with Gasteiger partial charge in [0.05, 0.1) is 13.4 Å². The number of ether oxygens (including phenoxy) is 2. The molecular weight excluding hydrogens is 188 g/mol. The summed E-state index contributed by atoms with van der Waals surface area (Å²) in [5.41, 5.74) is 0. The van der Waals surface area contributed by atoms with Crippen molar-refractivity contribution >= 4 is 22.1 Å². The zero-order chi connectivity index (χ0) is 7.11. The van der Waals surface area contributed by atoms with Crippen molar-refractivity contribution in [2.24, 2.45) is 0 Å². The van der Waals surface area contributed by atoms with Crippen LogP contribution in [0.25, 0.3) is 0 Å². The standard InChI is InChI=1S/C5H7BrO3/c1-8-5(7)9-4-2-3-6/h2,4H,3H2,1H3/b4-2+. The monoisotopic (exact) mass is 194 g/mol. The second-order valence-corrected chi connectivity index (χ2v) is 1.75. The average molecular weight is 195 g/mol. The molecule has 0 amide bonds. The second-order valence-electron chi connectivity index (χ2n) is 1.10. The number of allylic oxidation sites excluding steroid dienone is 1. The first-order valence-electron chi connectivity index (χ1n) is 2.27. The largest absolute Gasteiger partial charge is 0.512 e. The van der Waals surface area contributed by atoms with Gasteiger partial charge in [0.15, 0.2) is 0 Å². The Bertz CT molecular complexity index is 111. The fourth-order valence-electron chi connectivity index (χ4n) is 0.188. The summed E-state index contributed by atoms with van der Waals surface area (Å²) in [5, 5.41) is 0.657. The predicted octanol–water partition coefficient (Wildman–Crippen LogP) is 1.68. The van der Waals surface area contributed by atoms with E-state index in [0.717, 1.165) is 0 Å². The molecule has 4 heteroatoms. The van der Waals surface area contributed by atoms with Crippen LogP contribution >= 0.6 is 15.9 Å². The highest BCUT2D eigenvalue weighted by Crippen LogP contribution is 1.85. The molecule has 0 saturated heterocycles. The van der Waals surface area contributed by atoms with Crippen molar-refractivity contribution in [1.82, 2.24) is 0 Å². The summed E-state index contributed by atoms with van der Waals surface area (Å²) in [4.78, 5) is 10.2. The number of rotatable bonds is 2. The molecule has 3 nitrogen and oxygen atoms in total. The molecule has 0 bridgehead atoms. The first kappa shape index (κ1) is 8.49. The van der Waals surface area contributed by atoms with E-state index in [0.29, 0.717) is 5.33 Å². The molecule has 9 heavy (non-hydrogen) atoms. The highest BCUT2D eigenvalue weighted by atomic mass is 79.9. The third-order valence-electron chi connectivity index (χ3n) is 0.516. The number of hydrogen-bond donors (Lipinski definition) is 0. The van der Waals surface area contributed by atoms with Crippen molar-refractivity contribution in [3.8, 4) is 0 Å². The summed E-state index contributed by atoms with van der Waals surface area (Å²) in [5.74, 6) is 0. The van der Waals surface area contributed by atoms with Gasteiger partial charge in [-0.1, -0.05) is 15.9 Å². The van der Waals surface area contributed by atoms with Crippen LogP contribution < -0.4 is 0 Å². The van der Waals surface area contributed by atoms with Crippen molar-refractivity contribution in [3.63, 3.8) is 0 Å². The van der Waals surface area contributed by atoms with Gasteiger partial charge >= 0.3 is 6.16 Å². The van der Waals surface area contributed by atoms with Crippen LogP contribution in [-0.4, -0.2) is 18.6 Å². The number of halogens is 1. The summed E-state index contributed by atoms with van der Waals surface area (Å²) < 4.78 is 8.53. The zero-order valence-corrected chi connectivity index (χ0v) is 6.55. The molecule has 0 aromatic carbocycles. The molecule has 0 rings (SSSR count). The van der Waals surface area contributed by atoms with Gasteiger partial charge in [-0.15, -0.1) is 0 Å². The summed E-state index contributed by atoms with van der Waals surface area (Å²) in [6, 6.07) is 0.